The summed E-state index contributed by atoms with van der Waals surface area (Å²) < 4.78 is 0. The van der Waals surface area contributed by atoms with Crippen molar-refractivity contribution < 1.29 is 19.8 Å². The van der Waals surface area contributed by atoms with Gasteiger partial charge in [-0.15, -0.1) is 0 Å². The molecule has 0 heterocycles. The molecule has 0 radical (unpaired) electrons. The highest BCUT2D eigenvalue weighted by Gasteiger charge is 2.23. The Balaban J connectivity index is 2.51. The molecule has 0 aromatic heterocycles. The van der Waals surface area contributed by atoms with Crippen LogP contribution < -0.4 is 10.2 Å². The van der Waals surface area contributed by atoms with E-state index < -0.39 is 23.8 Å². The summed E-state index contributed by atoms with van der Waals surface area (Å²) in [5, 5.41) is 20.8. The van der Waals surface area contributed by atoms with Crippen molar-refractivity contribution in [1.82, 2.24) is 0 Å². The van der Waals surface area contributed by atoms with Gasteiger partial charge < -0.3 is 19.8 Å². The van der Waals surface area contributed by atoms with Crippen LogP contribution in [0.1, 0.15) is 25.7 Å². The van der Waals surface area contributed by atoms with Gasteiger partial charge in [0, 0.05) is 11.9 Å². The summed E-state index contributed by atoms with van der Waals surface area (Å²) >= 11 is 0. The maximum atomic E-state index is 10.4. The summed E-state index contributed by atoms with van der Waals surface area (Å²) in [4.78, 5) is 20.8. The second-order valence-electron chi connectivity index (χ2n) is 3.20. The monoisotopic (exact) mass is 170 g/mol. The average Bonchev–Trinajstić information content (AvgIpc) is 2.04. The van der Waals surface area contributed by atoms with Crippen LogP contribution in [0.5, 0.6) is 0 Å². The molecule has 0 amide bonds. The zero-order chi connectivity index (χ0) is 9.14. The number of aliphatic carboxylic acids is 2. The number of carboxylic acid groups (broad SMARTS) is 2. The molecule has 0 saturated heterocycles. The minimum Gasteiger partial charge on any atom is -0.550 e. The van der Waals surface area contributed by atoms with Gasteiger partial charge in [0.2, 0.25) is 0 Å². The topological polar surface area (TPSA) is 80.3 Å². The maximum Gasteiger partial charge on any atom is 0.0445 e. The lowest BCUT2D eigenvalue weighted by Crippen LogP contribution is -2.40. The highest BCUT2D eigenvalue weighted by atomic mass is 16.4. The van der Waals surface area contributed by atoms with E-state index in [1.54, 1.807) is 0 Å². The molecule has 0 bridgehead atoms. The summed E-state index contributed by atoms with van der Waals surface area (Å²) in [6, 6.07) is 0. The molecule has 1 rings (SSSR count). The lowest BCUT2D eigenvalue weighted by Gasteiger charge is -2.29. The first-order valence-corrected chi connectivity index (χ1v) is 4.03. The van der Waals surface area contributed by atoms with E-state index >= 15 is 0 Å². The predicted octanol–water partition coefficient (Wildman–Crippen LogP) is -1.71. The Morgan fingerprint density at radius 2 is 1.42 bits per heavy atom. The normalized spacial score (nSPS) is 29.7. The second kappa shape index (κ2) is 3.56. The minimum atomic E-state index is -1.14. The van der Waals surface area contributed by atoms with Crippen LogP contribution in [0.25, 0.3) is 0 Å². The van der Waals surface area contributed by atoms with Gasteiger partial charge in [-0.1, -0.05) is 6.42 Å². The number of hydrogen-bond donors (Lipinski definition) is 0. The van der Waals surface area contributed by atoms with Gasteiger partial charge in [-0.05, 0) is 31.1 Å². The summed E-state index contributed by atoms with van der Waals surface area (Å²) in [6.07, 6.45) is 1.88. The zero-order valence-electron chi connectivity index (χ0n) is 6.62. The van der Waals surface area contributed by atoms with Crippen molar-refractivity contribution in [2.45, 2.75) is 25.7 Å². The van der Waals surface area contributed by atoms with Gasteiger partial charge in [0.1, 0.15) is 0 Å². The van der Waals surface area contributed by atoms with E-state index in [0.29, 0.717) is 19.3 Å². The fourth-order valence-corrected chi connectivity index (χ4v) is 1.62. The fraction of sp³-hybridized carbons (Fsp3) is 0.750. The molecule has 0 unspecified atom stereocenters. The Kier molecular flexibility index (Phi) is 2.68. The van der Waals surface area contributed by atoms with Crippen molar-refractivity contribution in [1.29, 1.82) is 0 Å². The van der Waals surface area contributed by atoms with Gasteiger partial charge in [0.05, 0.1) is 0 Å². The molecule has 68 valence electrons. The summed E-state index contributed by atoms with van der Waals surface area (Å²) in [6.45, 7) is 0. The molecule has 0 aromatic rings. The standard InChI is InChI=1S/C8H12O4/c9-7(10)5-2-1-3-6(4-5)8(11)12/h5-6H,1-4H2,(H,9,10)(H,11,12)/p-2/t5-,6-/m1/s1. The van der Waals surface area contributed by atoms with Crippen LogP contribution >= 0.6 is 0 Å². The Labute approximate surface area is 70.2 Å². The van der Waals surface area contributed by atoms with Crippen molar-refractivity contribution in [2.24, 2.45) is 11.8 Å². The van der Waals surface area contributed by atoms with Crippen molar-refractivity contribution >= 4 is 11.9 Å². The third-order valence-corrected chi connectivity index (χ3v) is 2.34. The molecule has 4 heteroatoms. The van der Waals surface area contributed by atoms with Crippen molar-refractivity contribution in [3.63, 3.8) is 0 Å². The number of carbonyl (C=O) groups excluding carboxylic acids is 2. The molecule has 0 N–H and O–H groups in total. The molecular formula is C8H10O4-2. The molecule has 1 fully saturated rings. The number of hydrogen-bond acceptors (Lipinski definition) is 4. The molecule has 12 heavy (non-hydrogen) atoms. The zero-order valence-corrected chi connectivity index (χ0v) is 6.62. The van der Waals surface area contributed by atoms with E-state index in [2.05, 4.69) is 0 Å². The van der Waals surface area contributed by atoms with Gasteiger partial charge in [-0.2, -0.15) is 0 Å². The lowest BCUT2D eigenvalue weighted by atomic mass is 9.81. The Hall–Kier alpha value is -1.06. The molecule has 0 spiro atoms. The van der Waals surface area contributed by atoms with Crippen molar-refractivity contribution in [2.75, 3.05) is 0 Å². The van der Waals surface area contributed by atoms with Crippen LogP contribution in [-0.2, 0) is 9.59 Å². The number of carbonyl (C=O) groups is 2. The molecule has 2 atom stereocenters. The fourth-order valence-electron chi connectivity index (χ4n) is 1.62. The van der Waals surface area contributed by atoms with E-state index in [4.69, 9.17) is 0 Å². The maximum absolute atomic E-state index is 10.4. The minimum absolute atomic E-state index is 0.171. The summed E-state index contributed by atoms with van der Waals surface area (Å²) in [5.41, 5.74) is 0. The molecule has 1 aliphatic carbocycles. The van der Waals surface area contributed by atoms with Crippen molar-refractivity contribution in [3.05, 3.63) is 0 Å². The van der Waals surface area contributed by atoms with E-state index in [-0.39, 0.29) is 6.42 Å². The van der Waals surface area contributed by atoms with E-state index in [1.165, 1.54) is 0 Å². The second-order valence-corrected chi connectivity index (χ2v) is 3.20. The van der Waals surface area contributed by atoms with Crippen LogP contribution in [-0.4, -0.2) is 11.9 Å². The molecule has 4 nitrogen and oxygen atoms in total. The first kappa shape index (κ1) is 9.03. The SMILES string of the molecule is O=C([O-])[C@@H]1CCC[C@@H](C(=O)[O-])C1. The Morgan fingerprint density at radius 1 is 1.00 bits per heavy atom. The molecule has 1 aliphatic rings. The van der Waals surface area contributed by atoms with Gasteiger partial charge in [-0.25, -0.2) is 0 Å². The first-order chi connectivity index (χ1) is 5.61. The van der Waals surface area contributed by atoms with Crippen LogP contribution in [0, 0.1) is 11.8 Å². The van der Waals surface area contributed by atoms with E-state index in [9.17, 15) is 19.8 Å². The first-order valence-electron chi connectivity index (χ1n) is 4.03. The van der Waals surface area contributed by atoms with Gasteiger partial charge in [0.25, 0.3) is 0 Å². The van der Waals surface area contributed by atoms with Gasteiger partial charge in [-0.3, -0.25) is 0 Å². The highest BCUT2D eigenvalue weighted by Crippen LogP contribution is 2.28. The van der Waals surface area contributed by atoms with Gasteiger partial charge in [0.15, 0.2) is 0 Å². The van der Waals surface area contributed by atoms with Crippen LogP contribution in [0.4, 0.5) is 0 Å². The Bertz CT molecular complexity index is 179. The number of rotatable bonds is 2. The third kappa shape index (κ3) is 1.96. The van der Waals surface area contributed by atoms with E-state index in [1.807, 2.05) is 0 Å². The van der Waals surface area contributed by atoms with Crippen LogP contribution in [0.15, 0.2) is 0 Å². The highest BCUT2D eigenvalue weighted by molar-refractivity contribution is 5.72. The predicted molar refractivity (Wildman–Crippen MR) is 35.5 cm³/mol. The van der Waals surface area contributed by atoms with E-state index in [0.717, 1.165) is 0 Å². The largest absolute Gasteiger partial charge is 0.550 e. The van der Waals surface area contributed by atoms with Crippen molar-refractivity contribution in [3.8, 4) is 0 Å². The summed E-state index contributed by atoms with van der Waals surface area (Å²) in [7, 11) is 0. The quantitative estimate of drug-likeness (QED) is 0.494. The smallest absolute Gasteiger partial charge is 0.0445 e. The molecular weight excluding hydrogens is 160 g/mol. The Morgan fingerprint density at radius 3 is 1.75 bits per heavy atom. The average molecular weight is 170 g/mol. The van der Waals surface area contributed by atoms with Crippen LogP contribution in [0.3, 0.4) is 0 Å². The van der Waals surface area contributed by atoms with Crippen LogP contribution in [0.2, 0.25) is 0 Å². The number of carboxylic acids is 2. The molecule has 0 aromatic carbocycles. The lowest BCUT2D eigenvalue weighted by molar-refractivity contribution is -0.317. The third-order valence-electron chi connectivity index (χ3n) is 2.34. The summed E-state index contributed by atoms with van der Waals surface area (Å²) in [5.74, 6) is -3.47. The van der Waals surface area contributed by atoms with Gasteiger partial charge >= 0.3 is 0 Å². The molecule has 1 saturated carbocycles. The molecule has 0 aliphatic heterocycles.